The van der Waals surface area contributed by atoms with E-state index in [4.69, 9.17) is 11.6 Å². The molecule has 2 heterocycles. The summed E-state index contributed by atoms with van der Waals surface area (Å²) in [6.45, 7) is 0.246. The van der Waals surface area contributed by atoms with Gasteiger partial charge in [-0.3, -0.25) is 14.9 Å². The van der Waals surface area contributed by atoms with Crippen molar-refractivity contribution in [2.45, 2.75) is 23.1 Å². The number of nitro groups is 1. The Bertz CT molecular complexity index is 942. The highest BCUT2D eigenvalue weighted by molar-refractivity contribution is 7.91. The van der Waals surface area contributed by atoms with Crippen LogP contribution in [0.2, 0.25) is 4.34 Å². The number of halogens is 1. The minimum absolute atomic E-state index is 0.0948. The van der Waals surface area contributed by atoms with Crippen LogP contribution in [-0.2, 0) is 14.8 Å². The van der Waals surface area contributed by atoms with Gasteiger partial charge in [0.2, 0.25) is 5.91 Å². The maximum atomic E-state index is 12.8. The zero-order valence-corrected chi connectivity index (χ0v) is 15.7. The monoisotopic (exact) mass is 415 g/mol. The van der Waals surface area contributed by atoms with Crippen molar-refractivity contribution in [1.82, 2.24) is 4.31 Å². The van der Waals surface area contributed by atoms with Gasteiger partial charge in [0.1, 0.15) is 10.3 Å². The first-order valence-electron chi connectivity index (χ1n) is 7.61. The molecule has 2 aromatic rings. The molecule has 0 spiro atoms. The van der Waals surface area contributed by atoms with Crippen LogP contribution in [0.25, 0.3) is 0 Å². The molecule has 1 aromatic carbocycles. The summed E-state index contributed by atoms with van der Waals surface area (Å²) in [5.74, 6) is -0.470. The number of amides is 1. The number of hydrogen-bond acceptors (Lipinski definition) is 6. The van der Waals surface area contributed by atoms with E-state index in [9.17, 15) is 23.3 Å². The van der Waals surface area contributed by atoms with Gasteiger partial charge in [-0.05, 0) is 37.1 Å². The molecule has 1 fully saturated rings. The fourth-order valence-electron chi connectivity index (χ4n) is 2.73. The zero-order valence-electron chi connectivity index (χ0n) is 13.3. The van der Waals surface area contributed by atoms with Gasteiger partial charge in [0, 0.05) is 24.4 Å². The van der Waals surface area contributed by atoms with Crippen molar-refractivity contribution >= 4 is 50.2 Å². The van der Waals surface area contributed by atoms with E-state index in [0.717, 1.165) is 11.3 Å². The number of thiophene rings is 1. The lowest BCUT2D eigenvalue weighted by Gasteiger charge is -2.22. The Morgan fingerprint density at radius 3 is 2.54 bits per heavy atom. The number of carbonyl (C=O) groups excluding carboxylic acids is 1. The summed E-state index contributed by atoms with van der Waals surface area (Å²) < 4.78 is 27.1. The Balaban J connectivity index is 1.77. The number of sulfonamides is 1. The molecule has 1 atom stereocenters. The van der Waals surface area contributed by atoms with E-state index in [-0.39, 0.29) is 16.4 Å². The van der Waals surface area contributed by atoms with Crippen molar-refractivity contribution in [2.75, 3.05) is 11.9 Å². The molecule has 1 N–H and O–H groups in total. The van der Waals surface area contributed by atoms with Crippen LogP contribution in [0.4, 0.5) is 11.4 Å². The second kappa shape index (κ2) is 7.31. The van der Waals surface area contributed by atoms with Crippen molar-refractivity contribution < 1.29 is 18.1 Å². The van der Waals surface area contributed by atoms with Crippen molar-refractivity contribution in [3.05, 3.63) is 50.8 Å². The molecule has 3 rings (SSSR count). The minimum Gasteiger partial charge on any atom is -0.325 e. The Morgan fingerprint density at radius 2 is 1.96 bits per heavy atom. The van der Waals surface area contributed by atoms with Crippen LogP contribution in [0, 0.1) is 10.1 Å². The molecule has 8 nitrogen and oxygen atoms in total. The molecule has 1 amide bonds. The number of benzene rings is 1. The Kier molecular flexibility index (Phi) is 5.28. The topological polar surface area (TPSA) is 110 Å². The predicted octanol–water partition coefficient (Wildman–Crippen LogP) is 3.10. The number of non-ortho nitro benzene ring substituents is 1. The van der Waals surface area contributed by atoms with Gasteiger partial charge >= 0.3 is 0 Å². The van der Waals surface area contributed by atoms with Crippen LogP contribution in [0.5, 0.6) is 0 Å². The summed E-state index contributed by atoms with van der Waals surface area (Å²) in [5.41, 5.74) is 0.270. The highest BCUT2D eigenvalue weighted by atomic mass is 35.5. The SMILES string of the molecule is O=C(Nc1ccc([N+](=O)[O-])cc1)[C@@H]1CCCN1S(=O)(=O)c1ccc(Cl)s1. The van der Waals surface area contributed by atoms with Crippen molar-refractivity contribution in [3.8, 4) is 0 Å². The second-order valence-corrected chi connectivity index (χ2v) is 9.46. The van der Waals surface area contributed by atoms with Gasteiger partial charge in [0.25, 0.3) is 15.7 Å². The summed E-state index contributed by atoms with van der Waals surface area (Å²) >= 11 is 6.77. The molecule has 0 aliphatic carbocycles. The molecule has 0 unspecified atom stereocenters. The third kappa shape index (κ3) is 3.73. The fourth-order valence-corrected chi connectivity index (χ4v) is 6.00. The number of nitro benzene ring substituents is 1. The fraction of sp³-hybridized carbons (Fsp3) is 0.267. The summed E-state index contributed by atoms with van der Waals surface area (Å²) in [5, 5.41) is 13.3. The molecule has 1 aromatic heterocycles. The normalized spacial score (nSPS) is 18.0. The van der Waals surface area contributed by atoms with Crippen molar-refractivity contribution in [2.24, 2.45) is 0 Å². The third-order valence-electron chi connectivity index (χ3n) is 3.96. The van der Waals surface area contributed by atoms with Gasteiger partial charge in [-0.1, -0.05) is 11.6 Å². The predicted molar refractivity (Wildman–Crippen MR) is 98.0 cm³/mol. The van der Waals surface area contributed by atoms with Gasteiger partial charge in [-0.15, -0.1) is 11.3 Å². The molecular weight excluding hydrogens is 402 g/mol. The summed E-state index contributed by atoms with van der Waals surface area (Å²) in [7, 11) is -3.81. The van der Waals surface area contributed by atoms with Gasteiger partial charge in [0.05, 0.1) is 9.26 Å². The van der Waals surface area contributed by atoms with E-state index in [0.29, 0.717) is 22.9 Å². The first-order valence-corrected chi connectivity index (χ1v) is 10.2. The largest absolute Gasteiger partial charge is 0.325 e. The lowest BCUT2D eigenvalue weighted by Crippen LogP contribution is -2.42. The average molecular weight is 416 g/mol. The average Bonchev–Trinajstić information content (AvgIpc) is 3.24. The Morgan fingerprint density at radius 1 is 1.27 bits per heavy atom. The molecule has 1 aliphatic rings. The van der Waals surface area contributed by atoms with Gasteiger partial charge in [0.15, 0.2) is 0 Å². The van der Waals surface area contributed by atoms with Crippen LogP contribution in [0.15, 0.2) is 40.6 Å². The van der Waals surface area contributed by atoms with Crippen LogP contribution in [-0.4, -0.2) is 36.1 Å². The Labute approximate surface area is 158 Å². The van der Waals surface area contributed by atoms with Gasteiger partial charge in [-0.2, -0.15) is 4.31 Å². The first-order chi connectivity index (χ1) is 12.3. The number of nitrogens with zero attached hydrogens (tertiary/aromatic N) is 2. The Hall–Kier alpha value is -2.01. The van der Waals surface area contributed by atoms with Crippen molar-refractivity contribution in [1.29, 1.82) is 0 Å². The van der Waals surface area contributed by atoms with Crippen LogP contribution in [0.1, 0.15) is 12.8 Å². The van der Waals surface area contributed by atoms with E-state index in [2.05, 4.69) is 5.32 Å². The lowest BCUT2D eigenvalue weighted by atomic mass is 10.2. The molecule has 26 heavy (non-hydrogen) atoms. The number of anilines is 1. The zero-order chi connectivity index (χ0) is 18.9. The van der Waals surface area contributed by atoms with Crippen LogP contribution in [0.3, 0.4) is 0 Å². The highest BCUT2D eigenvalue weighted by Gasteiger charge is 2.40. The second-order valence-electron chi connectivity index (χ2n) is 5.63. The molecule has 138 valence electrons. The molecule has 11 heteroatoms. The van der Waals surface area contributed by atoms with E-state index >= 15 is 0 Å². The highest BCUT2D eigenvalue weighted by Crippen LogP contribution is 2.32. The van der Waals surface area contributed by atoms with Crippen LogP contribution < -0.4 is 5.32 Å². The summed E-state index contributed by atoms with van der Waals surface area (Å²) in [6.07, 6.45) is 0.966. The summed E-state index contributed by atoms with van der Waals surface area (Å²) in [4.78, 5) is 22.7. The molecule has 1 aliphatic heterocycles. The third-order valence-corrected chi connectivity index (χ3v) is 7.57. The van der Waals surface area contributed by atoms with Crippen molar-refractivity contribution in [3.63, 3.8) is 0 Å². The first kappa shape index (κ1) is 18.8. The smallest absolute Gasteiger partial charge is 0.269 e. The van der Waals surface area contributed by atoms with Gasteiger partial charge in [-0.25, -0.2) is 8.42 Å². The quantitative estimate of drug-likeness (QED) is 0.596. The molecule has 1 saturated heterocycles. The molecule has 0 saturated carbocycles. The molecule has 0 radical (unpaired) electrons. The standard InChI is InChI=1S/C15H14ClN3O5S2/c16-13-7-8-14(25-13)26(23,24)18-9-1-2-12(18)15(20)17-10-3-5-11(6-4-10)19(21)22/h3-8,12H,1-2,9H2,(H,17,20)/t12-/m0/s1. The number of nitrogens with one attached hydrogen (secondary N) is 1. The molecular formula is C15H14ClN3O5S2. The van der Waals surface area contributed by atoms with E-state index < -0.39 is 26.9 Å². The maximum absolute atomic E-state index is 12.8. The van der Waals surface area contributed by atoms with E-state index in [1.54, 1.807) is 0 Å². The van der Waals surface area contributed by atoms with Gasteiger partial charge < -0.3 is 5.32 Å². The number of carbonyl (C=O) groups is 1. The van der Waals surface area contributed by atoms with E-state index in [1.807, 2.05) is 0 Å². The van der Waals surface area contributed by atoms with Crippen LogP contribution >= 0.6 is 22.9 Å². The minimum atomic E-state index is -3.81. The number of hydrogen-bond donors (Lipinski definition) is 1. The molecule has 0 bridgehead atoms. The maximum Gasteiger partial charge on any atom is 0.269 e. The van der Waals surface area contributed by atoms with E-state index in [1.165, 1.54) is 40.7 Å². The number of rotatable bonds is 5. The summed E-state index contributed by atoms with van der Waals surface area (Å²) in [6, 6.07) is 7.44. The lowest BCUT2D eigenvalue weighted by molar-refractivity contribution is -0.384.